The summed E-state index contributed by atoms with van der Waals surface area (Å²) in [6.07, 6.45) is 2.29. The van der Waals surface area contributed by atoms with Gasteiger partial charge in [-0.1, -0.05) is 17.7 Å². The number of benzene rings is 1. The first-order chi connectivity index (χ1) is 8.57. The van der Waals surface area contributed by atoms with Crippen molar-refractivity contribution in [1.82, 2.24) is 5.32 Å². The summed E-state index contributed by atoms with van der Waals surface area (Å²) in [4.78, 5) is 22.9. The zero-order valence-electron chi connectivity index (χ0n) is 9.91. The van der Waals surface area contributed by atoms with Gasteiger partial charge in [0.15, 0.2) is 0 Å². The Labute approximate surface area is 110 Å². The Morgan fingerprint density at radius 2 is 2.17 bits per heavy atom. The molecule has 0 aromatic heterocycles. The van der Waals surface area contributed by atoms with Gasteiger partial charge in [-0.25, -0.2) is 0 Å². The molecule has 18 heavy (non-hydrogen) atoms. The molecule has 0 bridgehead atoms. The maximum absolute atomic E-state index is 11.6. The molecule has 4 nitrogen and oxygen atoms in total. The van der Waals surface area contributed by atoms with E-state index < -0.39 is 5.41 Å². The average molecular weight is 267 g/mol. The van der Waals surface area contributed by atoms with Gasteiger partial charge in [-0.15, -0.1) is 0 Å². The van der Waals surface area contributed by atoms with E-state index in [0.29, 0.717) is 36.5 Å². The first-order valence-corrected chi connectivity index (χ1v) is 6.24. The number of nitrogens with one attached hydrogen (secondary N) is 1. The van der Waals surface area contributed by atoms with Gasteiger partial charge in [-0.3, -0.25) is 4.79 Å². The second-order valence-corrected chi connectivity index (χ2v) is 5.04. The first-order valence-electron chi connectivity index (χ1n) is 5.86. The van der Waals surface area contributed by atoms with E-state index in [9.17, 15) is 9.59 Å². The van der Waals surface area contributed by atoms with E-state index in [1.54, 1.807) is 18.2 Å². The summed E-state index contributed by atoms with van der Waals surface area (Å²) in [6, 6.07) is 5.14. The molecule has 0 spiro atoms. The normalized spacial score (nSPS) is 24.2. The zero-order valence-corrected chi connectivity index (χ0v) is 10.7. The van der Waals surface area contributed by atoms with Crippen molar-refractivity contribution in [2.24, 2.45) is 0 Å². The largest absolute Gasteiger partial charge is 0.398 e. The van der Waals surface area contributed by atoms with Crippen molar-refractivity contribution < 1.29 is 9.59 Å². The molecular weight excluding hydrogens is 252 g/mol. The van der Waals surface area contributed by atoms with Crippen LogP contribution in [0.15, 0.2) is 18.2 Å². The number of nitrogens with two attached hydrogens (primary N) is 1. The number of aldehydes is 1. The minimum atomic E-state index is -0.687. The summed E-state index contributed by atoms with van der Waals surface area (Å²) in [5.41, 5.74) is 6.53. The SMILES string of the molecule is Nc1cc(Cl)ccc1[C@@]1(C=O)CCNC(=O)CC1. The predicted octanol–water partition coefficient (Wildman–Crippen LogP) is 1.66. The number of anilines is 1. The van der Waals surface area contributed by atoms with Gasteiger partial charge in [0.05, 0.1) is 5.41 Å². The molecule has 0 unspecified atom stereocenters. The molecule has 1 saturated heterocycles. The number of hydrogen-bond acceptors (Lipinski definition) is 3. The topological polar surface area (TPSA) is 72.2 Å². The fourth-order valence-corrected chi connectivity index (χ4v) is 2.59. The second-order valence-electron chi connectivity index (χ2n) is 4.61. The molecule has 3 N–H and O–H groups in total. The molecule has 1 aromatic rings. The maximum atomic E-state index is 11.6. The molecule has 1 heterocycles. The number of amides is 1. The van der Waals surface area contributed by atoms with Crippen LogP contribution in [0.4, 0.5) is 5.69 Å². The van der Waals surface area contributed by atoms with E-state index in [-0.39, 0.29) is 5.91 Å². The molecule has 0 radical (unpaired) electrons. The van der Waals surface area contributed by atoms with Crippen LogP contribution < -0.4 is 11.1 Å². The van der Waals surface area contributed by atoms with Crippen LogP contribution in [-0.4, -0.2) is 18.7 Å². The third-order valence-corrected chi connectivity index (χ3v) is 3.70. The van der Waals surface area contributed by atoms with Gasteiger partial charge in [0.2, 0.25) is 5.91 Å². The maximum Gasteiger partial charge on any atom is 0.220 e. The molecule has 0 saturated carbocycles. The zero-order chi connectivity index (χ0) is 13.2. The van der Waals surface area contributed by atoms with Crippen LogP contribution >= 0.6 is 11.6 Å². The number of nitrogen functional groups attached to an aromatic ring is 1. The van der Waals surface area contributed by atoms with Gasteiger partial charge in [0.25, 0.3) is 0 Å². The fraction of sp³-hybridized carbons (Fsp3) is 0.385. The lowest BCUT2D eigenvalue weighted by molar-refractivity contribution is -0.120. The summed E-state index contributed by atoms with van der Waals surface area (Å²) >= 11 is 5.87. The summed E-state index contributed by atoms with van der Waals surface area (Å²) < 4.78 is 0. The van der Waals surface area contributed by atoms with E-state index in [2.05, 4.69) is 5.32 Å². The lowest BCUT2D eigenvalue weighted by Gasteiger charge is -2.27. The predicted molar refractivity (Wildman–Crippen MR) is 70.5 cm³/mol. The van der Waals surface area contributed by atoms with Crippen molar-refractivity contribution in [2.45, 2.75) is 24.7 Å². The Bertz CT molecular complexity index is 490. The van der Waals surface area contributed by atoms with Crippen LogP contribution in [0.3, 0.4) is 0 Å². The fourth-order valence-electron chi connectivity index (χ4n) is 2.41. The highest BCUT2D eigenvalue weighted by atomic mass is 35.5. The van der Waals surface area contributed by atoms with E-state index in [1.807, 2.05) is 0 Å². The molecule has 96 valence electrons. The van der Waals surface area contributed by atoms with Crippen LogP contribution in [0.25, 0.3) is 0 Å². The van der Waals surface area contributed by atoms with Crippen LogP contribution in [0.5, 0.6) is 0 Å². The highest BCUT2D eigenvalue weighted by Crippen LogP contribution is 2.36. The van der Waals surface area contributed by atoms with E-state index >= 15 is 0 Å². The molecule has 1 amide bonds. The minimum Gasteiger partial charge on any atom is -0.398 e. The number of carbonyl (C=O) groups excluding carboxylic acids is 2. The Kier molecular flexibility index (Phi) is 3.57. The van der Waals surface area contributed by atoms with Crippen molar-refractivity contribution in [3.63, 3.8) is 0 Å². The van der Waals surface area contributed by atoms with Crippen LogP contribution in [0.1, 0.15) is 24.8 Å². The molecular formula is C13H15ClN2O2. The van der Waals surface area contributed by atoms with Crippen molar-refractivity contribution in [2.75, 3.05) is 12.3 Å². The van der Waals surface area contributed by atoms with Crippen molar-refractivity contribution in [1.29, 1.82) is 0 Å². The molecule has 2 rings (SSSR count). The number of hydrogen-bond donors (Lipinski definition) is 2. The Morgan fingerprint density at radius 1 is 1.39 bits per heavy atom. The van der Waals surface area contributed by atoms with Gasteiger partial charge in [0.1, 0.15) is 6.29 Å². The Hall–Kier alpha value is -1.55. The standard InChI is InChI=1S/C13H15ClN2O2/c14-9-1-2-10(11(15)7-9)13(8-17)4-3-12(18)16-6-5-13/h1-2,7-8H,3-6,15H2,(H,16,18)/t13-/m1/s1. The molecule has 0 aliphatic carbocycles. The lowest BCUT2D eigenvalue weighted by Crippen LogP contribution is -2.30. The van der Waals surface area contributed by atoms with Gasteiger partial charge in [-0.05, 0) is 30.5 Å². The van der Waals surface area contributed by atoms with Crippen molar-refractivity contribution in [3.05, 3.63) is 28.8 Å². The van der Waals surface area contributed by atoms with Gasteiger partial charge in [-0.2, -0.15) is 0 Å². The Balaban J connectivity index is 2.42. The average Bonchev–Trinajstić information content (AvgIpc) is 2.52. The summed E-state index contributed by atoms with van der Waals surface area (Å²) in [5.74, 6) is -0.0220. The van der Waals surface area contributed by atoms with E-state index in [4.69, 9.17) is 17.3 Å². The highest BCUT2D eigenvalue weighted by Gasteiger charge is 2.35. The lowest BCUT2D eigenvalue weighted by atomic mass is 9.75. The summed E-state index contributed by atoms with van der Waals surface area (Å²) in [5, 5.41) is 3.31. The van der Waals surface area contributed by atoms with Crippen LogP contribution in [-0.2, 0) is 15.0 Å². The quantitative estimate of drug-likeness (QED) is 0.632. The summed E-state index contributed by atoms with van der Waals surface area (Å²) in [6.45, 7) is 0.486. The number of carbonyl (C=O) groups is 2. The molecule has 1 atom stereocenters. The number of halogens is 1. The van der Waals surface area contributed by atoms with E-state index in [1.165, 1.54) is 0 Å². The first kappa shape index (κ1) is 12.9. The van der Waals surface area contributed by atoms with Crippen LogP contribution in [0, 0.1) is 0 Å². The van der Waals surface area contributed by atoms with Crippen molar-refractivity contribution >= 4 is 29.5 Å². The van der Waals surface area contributed by atoms with Gasteiger partial charge < -0.3 is 15.8 Å². The third-order valence-electron chi connectivity index (χ3n) is 3.47. The van der Waals surface area contributed by atoms with Crippen molar-refractivity contribution in [3.8, 4) is 0 Å². The van der Waals surface area contributed by atoms with Crippen LogP contribution in [0.2, 0.25) is 5.02 Å². The smallest absolute Gasteiger partial charge is 0.220 e. The minimum absolute atomic E-state index is 0.0220. The molecule has 1 aliphatic heterocycles. The highest BCUT2D eigenvalue weighted by molar-refractivity contribution is 6.30. The molecule has 1 aliphatic rings. The number of rotatable bonds is 2. The Morgan fingerprint density at radius 3 is 2.83 bits per heavy atom. The van der Waals surface area contributed by atoms with Gasteiger partial charge >= 0.3 is 0 Å². The monoisotopic (exact) mass is 266 g/mol. The third kappa shape index (κ3) is 2.34. The second kappa shape index (κ2) is 4.98. The van der Waals surface area contributed by atoms with E-state index in [0.717, 1.165) is 11.8 Å². The summed E-state index contributed by atoms with van der Waals surface area (Å²) in [7, 11) is 0. The molecule has 5 heteroatoms. The molecule has 1 fully saturated rings. The van der Waals surface area contributed by atoms with Gasteiger partial charge in [0, 0.05) is 23.7 Å². The molecule has 1 aromatic carbocycles.